The normalized spacial score (nSPS) is 14.2. The van der Waals surface area contributed by atoms with E-state index in [0.717, 1.165) is 0 Å². The molecule has 0 atom stereocenters. The third-order valence-corrected chi connectivity index (χ3v) is 3.91. The van der Waals surface area contributed by atoms with Crippen molar-refractivity contribution >= 4 is 40.4 Å². The van der Waals surface area contributed by atoms with Crippen LogP contribution in [0.5, 0.6) is 5.75 Å². The number of nitriles is 1. The number of fused-ring (bicyclic) bond motifs is 1. The molecule has 2 N–H and O–H groups in total. The highest BCUT2D eigenvalue weighted by Crippen LogP contribution is 2.36. The van der Waals surface area contributed by atoms with E-state index in [1.165, 1.54) is 13.2 Å². The van der Waals surface area contributed by atoms with Gasteiger partial charge in [0.1, 0.15) is 17.4 Å². The molecule has 2 aromatic rings. The molecule has 0 saturated heterocycles. The average molecular weight is 354 g/mol. The molecule has 0 aromatic heterocycles. The van der Waals surface area contributed by atoms with Crippen LogP contribution in [0.2, 0.25) is 5.02 Å². The van der Waals surface area contributed by atoms with Gasteiger partial charge in [0.25, 0.3) is 11.8 Å². The van der Waals surface area contributed by atoms with E-state index in [1.54, 1.807) is 36.4 Å². The van der Waals surface area contributed by atoms with Gasteiger partial charge in [-0.2, -0.15) is 5.26 Å². The first-order chi connectivity index (χ1) is 12.0. The number of ether oxygens (including phenoxy) is 1. The predicted molar refractivity (Wildman–Crippen MR) is 94.2 cm³/mol. The summed E-state index contributed by atoms with van der Waals surface area (Å²) in [6, 6.07) is 13.4. The summed E-state index contributed by atoms with van der Waals surface area (Å²) in [4.78, 5) is 24.8. The molecular formula is C18H12ClN3O3. The minimum Gasteiger partial charge on any atom is -0.495 e. The molecular weight excluding hydrogens is 342 g/mol. The SMILES string of the molecule is COc1ccccc1NC(=O)/C(C#N)=C1\C(=O)Nc2ccc(Cl)cc21. The van der Waals surface area contributed by atoms with Gasteiger partial charge in [0, 0.05) is 16.3 Å². The van der Waals surface area contributed by atoms with Gasteiger partial charge in [-0.1, -0.05) is 23.7 Å². The first-order valence-corrected chi connectivity index (χ1v) is 7.63. The number of nitrogens with zero attached hydrogens (tertiary/aromatic N) is 1. The highest BCUT2D eigenvalue weighted by molar-refractivity contribution is 6.38. The highest BCUT2D eigenvalue weighted by atomic mass is 35.5. The number of carbonyl (C=O) groups is 2. The number of benzene rings is 2. The van der Waals surface area contributed by atoms with Gasteiger partial charge in [-0.05, 0) is 30.3 Å². The van der Waals surface area contributed by atoms with Crippen molar-refractivity contribution < 1.29 is 14.3 Å². The van der Waals surface area contributed by atoms with Crippen molar-refractivity contribution in [3.8, 4) is 11.8 Å². The molecule has 1 aliphatic rings. The minimum atomic E-state index is -0.704. The number of hydrogen-bond acceptors (Lipinski definition) is 4. The predicted octanol–water partition coefficient (Wildman–Crippen LogP) is 3.22. The summed E-state index contributed by atoms with van der Waals surface area (Å²) in [5.74, 6) is -0.786. The maximum absolute atomic E-state index is 12.6. The Bertz CT molecular complexity index is 960. The number of hydrogen-bond donors (Lipinski definition) is 2. The zero-order valence-electron chi connectivity index (χ0n) is 13.1. The van der Waals surface area contributed by atoms with Crippen molar-refractivity contribution in [2.24, 2.45) is 0 Å². The van der Waals surface area contributed by atoms with Crippen LogP contribution in [0.4, 0.5) is 11.4 Å². The molecule has 3 rings (SSSR count). The summed E-state index contributed by atoms with van der Waals surface area (Å²) in [6.45, 7) is 0. The third kappa shape index (κ3) is 3.05. The zero-order valence-corrected chi connectivity index (χ0v) is 13.8. The Morgan fingerprint density at radius 1 is 1.28 bits per heavy atom. The Kier molecular flexibility index (Phi) is 4.42. The summed E-state index contributed by atoms with van der Waals surface area (Å²) >= 11 is 5.97. The van der Waals surface area contributed by atoms with E-state index >= 15 is 0 Å². The Morgan fingerprint density at radius 3 is 2.76 bits per heavy atom. The van der Waals surface area contributed by atoms with Crippen LogP contribution in [0.15, 0.2) is 48.0 Å². The summed E-state index contributed by atoms with van der Waals surface area (Å²) in [5, 5.41) is 15.1. The summed E-state index contributed by atoms with van der Waals surface area (Å²) < 4.78 is 5.17. The first kappa shape index (κ1) is 16.6. The summed E-state index contributed by atoms with van der Waals surface area (Å²) in [5.41, 5.74) is 1.01. The monoisotopic (exact) mass is 353 g/mol. The topological polar surface area (TPSA) is 91.2 Å². The quantitative estimate of drug-likeness (QED) is 0.654. The standard InChI is InChI=1S/C18H12ClN3O3/c1-25-15-5-3-2-4-14(15)22-17(23)12(9-20)16-11-8-10(19)6-7-13(11)21-18(16)24/h2-8H,1H3,(H,21,24)(H,22,23)/b16-12-. The lowest BCUT2D eigenvalue weighted by atomic mass is 10.0. The number of halogens is 1. The molecule has 1 aliphatic heterocycles. The molecule has 25 heavy (non-hydrogen) atoms. The van der Waals surface area contributed by atoms with Gasteiger partial charge in [-0.15, -0.1) is 0 Å². The molecule has 0 radical (unpaired) electrons. The second kappa shape index (κ2) is 6.67. The molecule has 7 heteroatoms. The van der Waals surface area contributed by atoms with Gasteiger partial charge >= 0.3 is 0 Å². The van der Waals surface area contributed by atoms with E-state index in [1.807, 2.05) is 6.07 Å². The first-order valence-electron chi connectivity index (χ1n) is 7.25. The lowest BCUT2D eigenvalue weighted by Crippen LogP contribution is -2.18. The number of nitrogens with one attached hydrogen (secondary N) is 2. The van der Waals surface area contributed by atoms with Crippen molar-refractivity contribution in [3.63, 3.8) is 0 Å². The van der Waals surface area contributed by atoms with Crippen LogP contribution in [-0.2, 0) is 9.59 Å². The van der Waals surface area contributed by atoms with Crippen LogP contribution < -0.4 is 15.4 Å². The Morgan fingerprint density at radius 2 is 2.04 bits per heavy atom. The summed E-state index contributed by atoms with van der Waals surface area (Å²) in [6.07, 6.45) is 0. The average Bonchev–Trinajstić information content (AvgIpc) is 2.92. The fraction of sp³-hybridized carbons (Fsp3) is 0.0556. The number of para-hydroxylation sites is 2. The molecule has 0 aliphatic carbocycles. The maximum Gasteiger partial charge on any atom is 0.267 e. The number of methoxy groups -OCH3 is 1. The highest BCUT2D eigenvalue weighted by Gasteiger charge is 2.30. The zero-order chi connectivity index (χ0) is 18.0. The van der Waals surface area contributed by atoms with Crippen LogP contribution >= 0.6 is 11.6 Å². The third-order valence-electron chi connectivity index (χ3n) is 3.67. The van der Waals surface area contributed by atoms with Crippen LogP contribution in [0.1, 0.15) is 5.56 Å². The smallest absolute Gasteiger partial charge is 0.267 e. The van der Waals surface area contributed by atoms with Crippen LogP contribution in [0.25, 0.3) is 5.57 Å². The van der Waals surface area contributed by atoms with E-state index < -0.39 is 11.8 Å². The van der Waals surface area contributed by atoms with E-state index in [4.69, 9.17) is 16.3 Å². The van der Waals surface area contributed by atoms with Crippen LogP contribution in [0, 0.1) is 11.3 Å². The molecule has 0 bridgehead atoms. The Labute approximate surface area is 148 Å². The Balaban J connectivity index is 2.04. The van der Waals surface area contributed by atoms with Gasteiger partial charge in [0.15, 0.2) is 0 Å². The van der Waals surface area contributed by atoms with E-state index in [-0.39, 0.29) is 11.1 Å². The van der Waals surface area contributed by atoms with Gasteiger partial charge in [0.2, 0.25) is 0 Å². The number of amides is 2. The number of anilines is 2. The molecule has 0 spiro atoms. The van der Waals surface area contributed by atoms with Crippen molar-refractivity contribution in [3.05, 3.63) is 58.6 Å². The number of carbonyl (C=O) groups excluding carboxylic acids is 2. The van der Waals surface area contributed by atoms with Gasteiger partial charge in [-0.3, -0.25) is 9.59 Å². The van der Waals surface area contributed by atoms with Gasteiger partial charge < -0.3 is 15.4 Å². The maximum atomic E-state index is 12.6. The molecule has 0 saturated carbocycles. The molecule has 0 fully saturated rings. The van der Waals surface area contributed by atoms with Crippen LogP contribution in [0.3, 0.4) is 0 Å². The van der Waals surface area contributed by atoms with E-state index in [9.17, 15) is 14.9 Å². The summed E-state index contributed by atoms with van der Waals surface area (Å²) in [7, 11) is 1.47. The fourth-order valence-corrected chi connectivity index (χ4v) is 2.71. The minimum absolute atomic E-state index is 0.00704. The van der Waals surface area contributed by atoms with Gasteiger partial charge in [-0.25, -0.2) is 0 Å². The lowest BCUT2D eigenvalue weighted by Gasteiger charge is -2.10. The second-order valence-corrected chi connectivity index (χ2v) is 5.60. The Hall–Kier alpha value is -3.30. The van der Waals surface area contributed by atoms with Crippen molar-refractivity contribution in [1.29, 1.82) is 5.26 Å². The van der Waals surface area contributed by atoms with Crippen LogP contribution in [-0.4, -0.2) is 18.9 Å². The van der Waals surface area contributed by atoms with E-state index in [0.29, 0.717) is 27.7 Å². The largest absolute Gasteiger partial charge is 0.495 e. The molecule has 124 valence electrons. The van der Waals surface area contributed by atoms with Gasteiger partial charge in [0.05, 0.1) is 18.4 Å². The van der Waals surface area contributed by atoms with E-state index in [2.05, 4.69) is 10.6 Å². The molecule has 1 heterocycles. The van der Waals surface area contributed by atoms with Crippen molar-refractivity contribution in [1.82, 2.24) is 0 Å². The molecule has 2 aromatic carbocycles. The molecule has 2 amide bonds. The van der Waals surface area contributed by atoms with Crippen molar-refractivity contribution in [2.75, 3.05) is 17.7 Å². The molecule has 6 nitrogen and oxygen atoms in total. The number of rotatable bonds is 3. The lowest BCUT2D eigenvalue weighted by molar-refractivity contribution is -0.113. The fourth-order valence-electron chi connectivity index (χ4n) is 2.54. The van der Waals surface area contributed by atoms with Crippen molar-refractivity contribution in [2.45, 2.75) is 0 Å². The second-order valence-electron chi connectivity index (χ2n) is 5.16. The molecule has 0 unspecified atom stereocenters.